The summed E-state index contributed by atoms with van der Waals surface area (Å²) in [7, 11) is 0. The maximum absolute atomic E-state index is 5.61. The molecule has 0 N–H and O–H groups in total. The smallest absolute Gasteiger partial charge is 0.0223 e. The molecule has 1 nitrogen and oxygen atoms in total. The molecular formula is C11H24ClN. The van der Waals surface area contributed by atoms with Crippen LogP contribution < -0.4 is 0 Å². The number of hydrogen-bond donors (Lipinski definition) is 0. The van der Waals surface area contributed by atoms with Gasteiger partial charge in [-0.2, -0.15) is 0 Å². The summed E-state index contributed by atoms with van der Waals surface area (Å²) >= 11 is 5.61. The summed E-state index contributed by atoms with van der Waals surface area (Å²) in [5.74, 6) is 0.826. The van der Waals surface area contributed by atoms with Crippen molar-refractivity contribution in [2.45, 2.75) is 46.0 Å². The highest BCUT2D eigenvalue weighted by molar-refractivity contribution is 6.17. The zero-order chi connectivity index (χ0) is 9.94. The van der Waals surface area contributed by atoms with Crippen LogP contribution in [0.1, 0.15) is 46.0 Å². The van der Waals surface area contributed by atoms with Crippen LogP contribution in [0.15, 0.2) is 0 Å². The van der Waals surface area contributed by atoms with Gasteiger partial charge in [-0.15, -0.1) is 11.6 Å². The predicted molar refractivity (Wildman–Crippen MR) is 61.6 cm³/mol. The van der Waals surface area contributed by atoms with Crippen LogP contribution in [0.3, 0.4) is 0 Å². The minimum Gasteiger partial charge on any atom is -0.304 e. The predicted octanol–water partition coefficient (Wildman–Crippen LogP) is 3.52. The van der Waals surface area contributed by atoms with Crippen LogP contribution in [0, 0.1) is 0 Å². The minimum atomic E-state index is 0.826. The largest absolute Gasteiger partial charge is 0.304 e. The fraction of sp³-hybridized carbons (Fsp3) is 1.00. The molecule has 0 saturated carbocycles. The SMILES string of the molecule is CCCN(CC)CCCCCCCl. The summed E-state index contributed by atoms with van der Waals surface area (Å²) in [5, 5.41) is 0. The van der Waals surface area contributed by atoms with Crippen LogP contribution >= 0.6 is 11.6 Å². The summed E-state index contributed by atoms with van der Waals surface area (Å²) in [4.78, 5) is 2.53. The average molecular weight is 206 g/mol. The highest BCUT2D eigenvalue weighted by Crippen LogP contribution is 2.03. The van der Waals surface area contributed by atoms with Gasteiger partial charge < -0.3 is 4.90 Å². The molecule has 0 radical (unpaired) electrons. The molecule has 0 aromatic rings. The van der Waals surface area contributed by atoms with Crippen molar-refractivity contribution in [3.8, 4) is 0 Å². The minimum absolute atomic E-state index is 0.826. The summed E-state index contributed by atoms with van der Waals surface area (Å²) < 4.78 is 0. The van der Waals surface area contributed by atoms with Gasteiger partial charge in [-0.1, -0.05) is 26.7 Å². The van der Waals surface area contributed by atoms with E-state index in [1.54, 1.807) is 0 Å². The van der Waals surface area contributed by atoms with Crippen molar-refractivity contribution in [1.82, 2.24) is 4.90 Å². The van der Waals surface area contributed by atoms with Crippen molar-refractivity contribution in [2.24, 2.45) is 0 Å². The number of alkyl halides is 1. The van der Waals surface area contributed by atoms with Gasteiger partial charge in [0.05, 0.1) is 0 Å². The molecule has 0 unspecified atom stereocenters. The van der Waals surface area contributed by atoms with Gasteiger partial charge in [-0.05, 0) is 38.9 Å². The zero-order valence-corrected chi connectivity index (χ0v) is 9.95. The van der Waals surface area contributed by atoms with Gasteiger partial charge in [0.1, 0.15) is 0 Å². The van der Waals surface area contributed by atoms with Gasteiger partial charge in [0.15, 0.2) is 0 Å². The van der Waals surface area contributed by atoms with Crippen molar-refractivity contribution >= 4 is 11.6 Å². The van der Waals surface area contributed by atoms with E-state index in [0.717, 1.165) is 5.88 Å². The third-order valence-corrected chi connectivity index (χ3v) is 2.61. The first-order valence-corrected chi connectivity index (χ1v) is 6.16. The molecule has 13 heavy (non-hydrogen) atoms. The van der Waals surface area contributed by atoms with Crippen molar-refractivity contribution in [2.75, 3.05) is 25.5 Å². The second kappa shape index (κ2) is 10.3. The monoisotopic (exact) mass is 205 g/mol. The molecule has 0 fully saturated rings. The topological polar surface area (TPSA) is 3.24 Å². The molecule has 80 valence electrons. The van der Waals surface area contributed by atoms with Gasteiger partial charge in [0.25, 0.3) is 0 Å². The second-order valence-corrected chi connectivity index (χ2v) is 3.92. The molecule has 0 amide bonds. The highest BCUT2D eigenvalue weighted by Gasteiger charge is 1.99. The van der Waals surface area contributed by atoms with Crippen LogP contribution in [0.2, 0.25) is 0 Å². The quantitative estimate of drug-likeness (QED) is 0.411. The van der Waals surface area contributed by atoms with E-state index in [1.807, 2.05) is 0 Å². The van der Waals surface area contributed by atoms with E-state index >= 15 is 0 Å². The third-order valence-electron chi connectivity index (χ3n) is 2.35. The Hall–Kier alpha value is 0.250. The third kappa shape index (κ3) is 8.58. The maximum atomic E-state index is 5.61. The van der Waals surface area contributed by atoms with Gasteiger partial charge >= 0.3 is 0 Å². The molecule has 0 aliphatic heterocycles. The van der Waals surface area contributed by atoms with E-state index in [-0.39, 0.29) is 0 Å². The lowest BCUT2D eigenvalue weighted by atomic mass is 10.2. The molecule has 0 bridgehead atoms. The second-order valence-electron chi connectivity index (χ2n) is 3.54. The Balaban J connectivity index is 3.17. The van der Waals surface area contributed by atoms with Gasteiger partial charge in [0.2, 0.25) is 0 Å². The van der Waals surface area contributed by atoms with Gasteiger partial charge in [0, 0.05) is 5.88 Å². The number of halogens is 1. The molecule has 0 rings (SSSR count). The Kier molecular flexibility index (Phi) is 10.5. The maximum Gasteiger partial charge on any atom is 0.0223 e. The van der Waals surface area contributed by atoms with E-state index in [9.17, 15) is 0 Å². The van der Waals surface area contributed by atoms with E-state index in [0.29, 0.717) is 0 Å². The Labute approximate surface area is 88.5 Å². The van der Waals surface area contributed by atoms with Crippen LogP contribution in [0.5, 0.6) is 0 Å². The van der Waals surface area contributed by atoms with E-state index < -0.39 is 0 Å². The Morgan fingerprint density at radius 1 is 0.923 bits per heavy atom. The number of hydrogen-bond acceptors (Lipinski definition) is 1. The summed E-state index contributed by atoms with van der Waals surface area (Å²) in [6, 6.07) is 0. The average Bonchev–Trinajstić information content (AvgIpc) is 2.16. The Morgan fingerprint density at radius 3 is 2.15 bits per heavy atom. The number of unbranched alkanes of at least 4 members (excludes halogenated alkanes) is 3. The first kappa shape index (κ1) is 13.2. The molecule has 0 aromatic carbocycles. The fourth-order valence-corrected chi connectivity index (χ4v) is 1.72. The van der Waals surface area contributed by atoms with Crippen LogP contribution in [-0.4, -0.2) is 30.4 Å². The van der Waals surface area contributed by atoms with Crippen molar-refractivity contribution in [3.63, 3.8) is 0 Å². The normalized spacial score (nSPS) is 11.1. The van der Waals surface area contributed by atoms with Crippen molar-refractivity contribution in [3.05, 3.63) is 0 Å². The lowest BCUT2D eigenvalue weighted by Gasteiger charge is -2.18. The molecule has 0 atom stereocenters. The van der Waals surface area contributed by atoms with E-state index in [4.69, 9.17) is 11.6 Å². The molecule has 0 spiro atoms. The number of rotatable bonds is 9. The Bertz CT molecular complexity index is 96.1. The lowest BCUT2D eigenvalue weighted by molar-refractivity contribution is 0.281. The molecular weight excluding hydrogens is 182 g/mol. The van der Waals surface area contributed by atoms with Crippen LogP contribution in [0.4, 0.5) is 0 Å². The molecule has 2 heteroatoms. The lowest BCUT2D eigenvalue weighted by Crippen LogP contribution is -2.25. The van der Waals surface area contributed by atoms with Gasteiger partial charge in [-0.25, -0.2) is 0 Å². The standard InChI is InChI=1S/C11H24ClN/c1-3-10-13(4-2)11-8-6-5-7-9-12/h3-11H2,1-2H3. The molecule has 0 aromatic heterocycles. The zero-order valence-electron chi connectivity index (χ0n) is 9.19. The Morgan fingerprint density at radius 2 is 1.62 bits per heavy atom. The van der Waals surface area contributed by atoms with Crippen LogP contribution in [0.25, 0.3) is 0 Å². The van der Waals surface area contributed by atoms with E-state index in [1.165, 1.54) is 51.7 Å². The number of nitrogens with zero attached hydrogens (tertiary/aromatic N) is 1. The van der Waals surface area contributed by atoms with Crippen LogP contribution in [-0.2, 0) is 0 Å². The molecule has 0 aliphatic rings. The van der Waals surface area contributed by atoms with Gasteiger partial charge in [-0.3, -0.25) is 0 Å². The fourth-order valence-electron chi connectivity index (χ4n) is 1.53. The molecule has 0 saturated heterocycles. The highest BCUT2D eigenvalue weighted by atomic mass is 35.5. The first-order valence-electron chi connectivity index (χ1n) is 5.63. The first-order chi connectivity index (χ1) is 6.35. The molecule has 0 aliphatic carbocycles. The van der Waals surface area contributed by atoms with Crippen molar-refractivity contribution < 1.29 is 0 Å². The molecule has 0 heterocycles. The summed E-state index contributed by atoms with van der Waals surface area (Å²) in [5.41, 5.74) is 0. The summed E-state index contributed by atoms with van der Waals surface area (Å²) in [6.07, 6.45) is 6.43. The summed E-state index contributed by atoms with van der Waals surface area (Å²) in [6.45, 7) is 8.21. The van der Waals surface area contributed by atoms with E-state index in [2.05, 4.69) is 18.7 Å². The van der Waals surface area contributed by atoms with Crippen molar-refractivity contribution in [1.29, 1.82) is 0 Å².